The number of amides is 1. The van der Waals surface area contributed by atoms with Gasteiger partial charge in [0.25, 0.3) is 5.91 Å². The van der Waals surface area contributed by atoms with Gasteiger partial charge in [-0.05, 0) is 30.7 Å². The molecule has 0 spiro atoms. The Hall–Kier alpha value is -3.02. The summed E-state index contributed by atoms with van der Waals surface area (Å²) in [4.78, 5) is 16.2. The molecule has 0 radical (unpaired) electrons. The minimum absolute atomic E-state index is 0.231. The van der Waals surface area contributed by atoms with E-state index in [2.05, 4.69) is 15.5 Å². The second kappa shape index (κ2) is 7.50. The quantitative estimate of drug-likeness (QED) is 0.707. The molecule has 5 nitrogen and oxygen atoms in total. The molecule has 0 atom stereocenters. The van der Waals surface area contributed by atoms with Gasteiger partial charge in [0.15, 0.2) is 0 Å². The number of rotatable bonds is 6. The molecule has 6 heteroatoms. The summed E-state index contributed by atoms with van der Waals surface area (Å²) in [7, 11) is 0. The maximum absolute atomic E-state index is 12.8. The van der Waals surface area contributed by atoms with E-state index in [-0.39, 0.29) is 11.7 Å². The molecule has 2 aromatic carbocycles. The zero-order valence-electron chi connectivity index (χ0n) is 12.9. The second-order valence-corrected chi connectivity index (χ2v) is 5.24. The van der Waals surface area contributed by atoms with Gasteiger partial charge in [0, 0.05) is 24.1 Å². The van der Waals surface area contributed by atoms with Crippen molar-refractivity contribution in [1.82, 2.24) is 15.5 Å². The van der Waals surface area contributed by atoms with E-state index in [1.54, 1.807) is 0 Å². The summed E-state index contributed by atoms with van der Waals surface area (Å²) in [6.07, 6.45) is 1.24. The Balaban J connectivity index is 1.46. The lowest BCUT2D eigenvalue weighted by molar-refractivity contribution is 0.0953. The molecule has 0 bridgehead atoms. The van der Waals surface area contributed by atoms with Gasteiger partial charge >= 0.3 is 0 Å². The van der Waals surface area contributed by atoms with E-state index in [1.807, 2.05) is 30.3 Å². The topological polar surface area (TPSA) is 68.0 Å². The smallest absolute Gasteiger partial charge is 0.251 e. The zero-order valence-corrected chi connectivity index (χ0v) is 12.9. The third-order valence-electron chi connectivity index (χ3n) is 3.46. The molecule has 3 aromatic rings. The van der Waals surface area contributed by atoms with Crippen LogP contribution in [0.5, 0.6) is 0 Å². The number of hydrogen-bond donors (Lipinski definition) is 1. The van der Waals surface area contributed by atoms with Gasteiger partial charge in [-0.2, -0.15) is 4.98 Å². The summed E-state index contributed by atoms with van der Waals surface area (Å²) in [5.41, 5.74) is 1.33. The van der Waals surface area contributed by atoms with Crippen LogP contribution in [-0.2, 0) is 6.42 Å². The number of carbonyl (C=O) groups is 1. The highest BCUT2D eigenvalue weighted by Gasteiger charge is 2.09. The third kappa shape index (κ3) is 4.04. The number of nitrogens with zero attached hydrogens (tertiary/aromatic N) is 2. The fraction of sp³-hybridized carbons (Fsp3) is 0.167. The van der Waals surface area contributed by atoms with Crippen LogP contribution < -0.4 is 5.32 Å². The number of aryl methyl sites for hydroxylation is 1. The van der Waals surface area contributed by atoms with Gasteiger partial charge in [-0.1, -0.05) is 35.5 Å². The molecule has 0 saturated carbocycles. The Morgan fingerprint density at radius 1 is 1.08 bits per heavy atom. The number of hydrogen-bond acceptors (Lipinski definition) is 4. The molecule has 0 aliphatic heterocycles. The third-order valence-corrected chi connectivity index (χ3v) is 3.46. The molecular weight excluding hydrogens is 309 g/mol. The van der Waals surface area contributed by atoms with Gasteiger partial charge in [-0.3, -0.25) is 4.79 Å². The van der Waals surface area contributed by atoms with Gasteiger partial charge in [-0.15, -0.1) is 0 Å². The van der Waals surface area contributed by atoms with Crippen molar-refractivity contribution in [2.45, 2.75) is 12.8 Å². The van der Waals surface area contributed by atoms with Crippen molar-refractivity contribution in [3.8, 4) is 11.4 Å². The molecule has 0 unspecified atom stereocenters. The summed E-state index contributed by atoms with van der Waals surface area (Å²) < 4.78 is 18.0. The minimum Gasteiger partial charge on any atom is -0.352 e. The van der Waals surface area contributed by atoms with Gasteiger partial charge in [0.1, 0.15) is 5.82 Å². The molecule has 24 heavy (non-hydrogen) atoms. The lowest BCUT2D eigenvalue weighted by Crippen LogP contribution is -2.24. The molecule has 0 fully saturated rings. The lowest BCUT2D eigenvalue weighted by atomic mass is 10.2. The van der Waals surface area contributed by atoms with E-state index in [0.29, 0.717) is 36.7 Å². The first kappa shape index (κ1) is 15.9. The van der Waals surface area contributed by atoms with Crippen LogP contribution >= 0.6 is 0 Å². The van der Waals surface area contributed by atoms with E-state index < -0.39 is 0 Å². The van der Waals surface area contributed by atoms with E-state index in [9.17, 15) is 9.18 Å². The van der Waals surface area contributed by atoms with Crippen LogP contribution in [0.15, 0.2) is 59.1 Å². The predicted molar refractivity (Wildman–Crippen MR) is 86.8 cm³/mol. The SMILES string of the molecule is O=C(NCCCc1nc(-c2ccccc2)no1)c1ccc(F)cc1. The van der Waals surface area contributed by atoms with Crippen LogP contribution in [0.3, 0.4) is 0 Å². The van der Waals surface area contributed by atoms with Crippen molar-refractivity contribution < 1.29 is 13.7 Å². The fourth-order valence-electron chi connectivity index (χ4n) is 2.21. The van der Waals surface area contributed by atoms with Gasteiger partial charge in [0.2, 0.25) is 11.7 Å². The first-order valence-corrected chi connectivity index (χ1v) is 7.64. The Morgan fingerprint density at radius 2 is 1.83 bits per heavy atom. The number of carbonyl (C=O) groups excluding carboxylic acids is 1. The largest absolute Gasteiger partial charge is 0.352 e. The highest BCUT2D eigenvalue weighted by atomic mass is 19.1. The average Bonchev–Trinajstić information content (AvgIpc) is 3.09. The molecule has 0 saturated heterocycles. The molecule has 1 heterocycles. The Labute approximate surface area is 138 Å². The van der Waals surface area contributed by atoms with E-state index in [0.717, 1.165) is 5.56 Å². The molecule has 0 aliphatic rings. The molecular formula is C18H16FN3O2. The number of aromatic nitrogens is 2. The first-order chi connectivity index (χ1) is 11.7. The van der Waals surface area contributed by atoms with Crippen LogP contribution in [-0.4, -0.2) is 22.6 Å². The van der Waals surface area contributed by atoms with E-state index >= 15 is 0 Å². The summed E-state index contributed by atoms with van der Waals surface area (Å²) >= 11 is 0. The van der Waals surface area contributed by atoms with Crippen molar-refractivity contribution in [3.63, 3.8) is 0 Å². The van der Waals surface area contributed by atoms with E-state index in [1.165, 1.54) is 24.3 Å². The number of halogens is 1. The fourth-order valence-corrected chi connectivity index (χ4v) is 2.21. The van der Waals surface area contributed by atoms with Gasteiger partial charge < -0.3 is 9.84 Å². The molecule has 1 amide bonds. The van der Waals surface area contributed by atoms with Crippen molar-refractivity contribution in [2.24, 2.45) is 0 Å². The number of nitrogens with one attached hydrogen (secondary N) is 1. The maximum atomic E-state index is 12.8. The number of benzene rings is 2. The summed E-state index contributed by atoms with van der Waals surface area (Å²) in [5.74, 6) is 0.494. The molecule has 122 valence electrons. The molecule has 3 rings (SSSR count). The lowest BCUT2D eigenvalue weighted by Gasteiger charge is -2.03. The van der Waals surface area contributed by atoms with Crippen molar-refractivity contribution in [1.29, 1.82) is 0 Å². The van der Waals surface area contributed by atoms with Crippen LogP contribution in [0.25, 0.3) is 11.4 Å². The molecule has 0 aliphatic carbocycles. The van der Waals surface area contributed by atoms with Crippen LogP contribution in [0.1, 0.15) is 22.7 Å². The second-order valence-electron chi connectivity index (χ2n) is 5.24. The normalized spacial score (nSPS) is 10.5. The van der Waals surface area contributed by atoms with Crippen molar-refractivity contribution in [2.75, 3.05) is 6.54 Å². The van der Waals surface area contributed by atoms with E-state index in [4.69, 9.17) is 4.52 Å². The minimum atomic E-state index is -0.364. The van der Waals surface area contributed by atoms with Crippen LogP contribution in [0.2, 0.25) is 0 Å². The highest BCUT2D eigenvalue weighted by Crippen LogP contribution is 2.15. The summed E-state index contributed by atoms with van der Waals surface area (Å²) in [6.45, 7) is 0.471. The Kier molecular flexibility index (Phi) is 4.96. The Morgan fingerprint density at radius 3 is 2.58 bits per heavy atom. The standard InChI is InChI=1S/C18H16FN3O2/c19-15-10-8-14(9-11-15)18(23)20-12-4-7-16-21-17(22-24-16)13-5-2-1-3-6-13/h1-3,5-6,8-11H,4,7,12H2,(H,20,23). The van der Waals surface area contributed by atoms with Crippen LogP contribution in [0.4, 0.5) is 4.39 Å². The average molecular weight is 325 g/mol. The predicted octanol–water partition coefficient (Wildman–Crippen LogP) is 3.24. The Bertz CT molecular complexity index is 801. The van der Waals surface area contributed by atoms with Gasteiger partial charge in [0.05, 0.1) is 0 Å². The van der Waals surface area contributed by atoms with Crippen molar-refractivity contribution >= 4 is 5.91 Å². The van der Waals surface area contributed by atoms with Crippen LogP contribution in [0, 0.1) is 5.82 Å². The van der Waals surface area contributed by atoms with Gasteiger partial charge in [-0.25, -0.2) is 4.39 Å². The summed E-state index contributed by atoms with van der Waals surface area (Å²) in [5, 5.41) is 6.72. The highest BCUT2D eigenvalue weighted by molar-refractivity contribution is 5.94. The summed E-state index contributed by atoms with van der Waals surface area (Å²) in [6, 6.07) is 15.0. The molecule has 1 aromatic heterocycles. The maximum Gasteiger partial charge on any atom is 0.251 e. The monoisotopic (exact) mass is 325 g/mol. The molecule has 1 N–H and O–H groups in total. The first-order valence-electron chi connectivity index (χ1n) is 7.64. The zero-order chi connectivity index (χ0) is 16.8. The van der Waals surface area contributed by atoms with Crippen molar-refractivity contribution in [3.05, 3.63) is 71.9 Å².